The van der Waals surface area contributed by atoms with Crippen LogP contribution in [0.1, 0.15) is 47.9 Å². The Balaban J connectivity index is 1.12. The van der Waals surface area contributed by atoms with Crippen molar-refractivity contribution >= 4 is 33.4 Å². The molecule has 346 valence electrons. The van der Waals surface area contributed by atoms with E-state index in [2.05, 4.69) is 15.3 Å². The Morgan fingerprint density at radius 3 is 2.56 bits per heavy atom. The Labute approximate surface area is 378 Å². The quantitative estimate of drug-likeness (QED) is 0.0794. The summed E-state index contributed by atoms with van der Waals surface area (Å²) in [4.78, 5) is 38.7. The van der Waals surface area contributed by atoms with E-state index in [1.165, 1.54) is 16.4 Å². The van der Waals surface area contributed by atoms with E-state index in [-0.39, 0.29) is 56.2 Å². The molecule has 7 rings (SSSR count). The Bertz CT molecular complexity index is 2290. The van der Waals surface area contributed by atoms with Crippen molar-refractivity contribution in [1.82, 2.24) is 24.5 Å². The van der Waals surface area contributed by atoms with Crippen LogP contribution >= 0.6 is 11.3 Å². The predicted octanol–water partition coefficient (Wildman–Crippen LogP) is 5.27. The maximum absolute atomic E-state index is 14.6. The fraction of sp³-hybridized carbons (Fsp3) is 0.511. The lowest BCUT2D eigenvalue weighted by molar-refractivity contribution is -0.156. The van der Waals surface area contributed by atoms with Crippen molar-refractivity contribution < 1.29 is 55.9 Å². The molecule has 19 heteroatoms. The van der Waals surface area contributed by atoms with Gasteiger partial charge in [-0.25, -0.2) is 23.0 Å². The minimum absolute atomic E-state index is 0.0294. The molecule has 0 bridgehead atoms. The van der Waals surface area contributed by atoms with Crippen molar-refractivity contribution in [2.24, 2.45) is 11.8 Å². The van der Waals surface area contributed by atoms with Crippen molar-refractivity contribution in [2.75, 3.05) is 59.9 Å². The Morgan fingerprint density at radius 2 is 1.80 bits per heavy atom. The molecule has 2 aromatic carbocycles. The van der Waals surface area contributed by atoms with Crippen LogP contribution in [0.5, 0.6) is 17.2 Å². The van der Waals surface area contributed by atoms with Crippen LogP contribution in [0.2, 0.25) is 0 Å². The molecule has 0 spiro atoms. The molecule has 4 aromatic rings. The summed E-state index contributed by atoms with van der Waals surface area (Å²) in [6, 6.07) is 16.6. The van der Waals surface area contributed by atoms with Crippen molar-refractivity contribution in [2.45, 2.75) is 83.1 Å². The number of amides is 1. The molecule has 3 aliphatic heterocycles. The molecule has 1 amide bonds. The number of thiazole rings is 1. The van der Waals surface area contributed by atoms with Gasteiger partial charge < -0.3 is 43.2 Å². The second kappa shape index (κ2) is 21.9. The highest BCUT2D eigenvalue weighted by Crippen LogP contribution is 2.36. The smallest absolute Gasteiger partial charge is 0.407 e. The second-order valence-corrected chi connectivity index (χ2v) is 19.5. The lowest BCUT2D eigenvalue weighted by atomic mass is 10.0. The summed E-state index contributed by atoms with van der Waals surface area (Å²) >= 11 is 1.54. The maximum Gasteiger partial charge on any atom is 0.407 e. The highest BCUT2D eigenvalue weighted by molar-refractivity contribution is 7.89. The number of aromatic nitrogens is 2. The highest BCUT2D eigenvalue weighted by atomic mass is 32.2. The van der Waals surface area contributed by atoms with Gasteiger partial charge in [0.2, 0.25) is 16.8 Å². The van der Waals surface area contributed by atoms with Gasteiger partial charge in [-0.2, -0.15) is 4.31 Å². The Kier molecular flexibility index (Phi) is 16.1. The summed E-state index contributed by atoms with van der Waals surface area (Å²) < 4.78 is 76.6. The summed E-state index contributed by atoms with van der Waals surface area (Å²) in [5.74, 6) is 0.322. The molecule has 0 saturated carbocycles. The van der Waals surface area contributed by atoms with E-state index in [0.29, 0.717) is 50.0 Å². The van der Waals surface area contributed by atoms with E-state index in [1.54, 1.807) is 29.5 Å². The molecular formula is C45H57N5O12S2. The topological polar surface area (TPSA) is 186 Å². The SMILES string of the molecule is Cc1cccc(CN(C)CCOCC(=O)O[C@H](CN(CC(C)C)S(=O)(=O)c2ccc3c(c2)OCO3)[C@H](Cc2ccc(OCc3csc(C)n3)cc2)NC(=O)O[C@H]2CO[C@H]3OCC[C@H]32)n1. The number of likely N-dealkylation sites (N-methyl/N-ethyl adjacent to an activating group) is 1. The standard InChI is InChI=1S/C45H57N5O12S2/c1-29(2)21-50(64(53,54)36-13-14-39-40(20-36)60-28-59-39)23-41(61-43(51)26-55-18-16-49(5)22-33-8-6-7-30(3)46-33)38(48-45(52)62-42-25-58-44-37(42)15-17-56-44)19-32-9-11-35(12-10-32)57-24-34-27-63-31(4)47-34/h6-14,20,27,29,37-38,41-42,44H,15-19,21-26,28H2,1-5H3,(H,48,52)/t37-,38-,41+,42-,44+/m0/s1. The molecule has 3 aliphatic rings. The third-order valence-electron chi connectivity index (χ3n) is 10.9. The van der Waals surface area contributed by atoms with Crippen molar-refractivity contribution in [3.8, 4) is 17.2 Å². The third kappa shape index (κ3) is 12.9. The van der Waals surface area contributed by atoms with Crippen LogP contribution in [0.4, 0.5) is 4.79 Å². The molecule has 1 N–H and O–H groups in total. The number of hydrogen-bond acceptors (Lipinski definition) is 16. The molecule has 0 aliphatic carbocycles. The number of rotatable bonds is 22. The zero-order valence-electron chi connectivity index (χ0n) is 36.8. The van der Waals surface area contributed by atoms with E-state index < -0.39 is 53.2 Å². The summed E-state index contributed by atoms with van der Waals surface area (Å²) in [6.07, 6.45) is -2.23. The number of fused-ring (bicyclic) bond motifs is 2. The molecule has 64 heavy (non-hydrogen) atoms. The van der Waals surface area contributed by atoms with Gasteiger partial charge in [-0.15, -0.1) is 11.3 Å². The van der Waals surface area contributed by atoms with Crippen LogP contribution in [0.3, 0.4) is 0 Å². The number of alkyl carbamates (subject to hydrolysis) is 1. The largest absolute Gasteiger partial charge is 0.487 e. The average molecular weight is 924 g/mol. The lowest BCUT2D eigenvalue weighted by Crippen LogP contribution is -2.53. The molecule has 5 atom stereocenters. The first-order valence-electron chi connectivity index (χ1n) is 21.4. The van der Waals surface area contributed by atoms with Gasteiger partial charge in [-0.1, -0.05) is 32.0 Å². The first-order valence-corrected chi connectivity index (χ1v) is 23.7. The monoisotopic (exact) mass is 923 g/mol. The van der Waals surface area contributed by atoms with E-state index in [1.807, 2.05) is 75.4 Å². The minimum Gasteiger partial charge on any atom is -0.487 e. The average Bonchev–Trinajstić information content (AvgIpc) is 4.08. The van der Waals surface area contributed by atoms with Crippen LogP contribution < -0.4 is 19.5 Å². The van der Waals surface area contributed by atoms with Crippen molar-refractivity contribution in [3.63, 3.8) is 0 Å². The number of ether oxygens (including phenoxy) is 8. The molecule has 0 radical (unpaired) electrons. The number of nitrogens with one attached hydrogen (secondary N) is 1. The number of carbonyl (C=O) groups is 2. The van der Waals surface area contributed by atoms with E-state index in [9.17, 15) is 18.0 Å². The van der Waals surface area contributed by atoms with Crippen LogP contribution in [0.25, 0.3) is 0 Å². The number of pyridine rings is 1. The first kappa shape index (κ1) is 47.1. The third-order valence-corrected chi connectivity index (χ3v) is 13.5. The zero-order valence-corrected chi connectivity index (χ0v) is 38.4. The number of carbonyl (C=O) groups excluding carboxylic acids is 2. The fourth-order valence-corrected chi connectivity index (χ4v) is 9.92. The molecule has 2 saturated heterocycles. The van der Waals surface area contributed by atoms with Crippen LogP contribution in [-0.4, -0.2) is 124 Å². The van der Waals surface area contributed by atoms with Gasteiger partial charge in [0.1, 0.15) is 31.2 Å². The summed E-state index contributed by atoms with van der Waals surface area (Å²) in [5.41, 5.74) is 3.39. The molecular weight excluding hydrogens is 867 g/mol. The predicted molar refractivity (Wildman–Crippen MR) is 234 cm³/mol. The Morgan fingerprint density at radius 1 is 0.984 bits per heavy atom. The van der Waals surface area contributed by atoms with Gasteiger partial charge in [0.05, 0.1) is 59.6 Å². The van der Waals surface area contributed by atoms with Gasteiger partial charge in [-0.05, 0) is 81.6 Å². The van der Waals surface area contributed by atoms with Gasteiger partial charge >= 0.3 is 12.1 Å². The normalized spacial score (nSPS) is 18.9. The van der Waals surface area contributed by atoms with Crippen LogP contribution in [0.15, 0.2) is 70.9 Å². The fourth-order valence-electron chi connectivity index (χ4n) is 7.69. The first-order chi connectivity index (χ1) is 30.8. The van der Waals surface area contributed by atoms with Crippen molar-refractivity contribution in [3.05, 3.63) is 93.7 Å². The maximum atomic E-state index is 14.6. The Hall–Kier alpha value is -4.89. The molecule has 0 unspecified atom stereocenters. The number of aryl methyl sites for hydroxylation is 2. The molecule has 17 nitrogen and oxygen atoms in total. The summed E-state index contributed by atoms with van der Waals surface area (Å²) in [6.45, 7) is 9.18. The minimum atomic E-state index is -4.24. The van der Waals surface area contributed by atoms with Gasteiger partial charge in [0, 0.05) is 36.8 Å². The number of benzene rings is 2. The summed E-state index contributed by atoms with van der Waals surface area (Å²) in [5, 5.41) is 5.84. The number of nitrogens with zero attached hydrogens (tertiary/aromatic N) is 4. The molecule has 2 fully saturated rings. The van der Waals surface area contributed by atoms with Crippen LogP contribution in [-0.2, 0) is 58.1 Å². The van der Waals surface area contributed by atoms with E-state index >= 15 is 0 Å². The summed E-state index contributed by atoms with van der Waals surface area (Å²) in [7, 11) is -2.31. The lowest BCUT2D eigenvalue weighted by Gasteiger charge is -2.33. The second-order valence-electron chi connectivity index (χ2n) is 16.5. The molecule has 2 aromatic heterocycles. The van der Waals surface area contributed by atoms with E-state index in [4.69, 9.17) is 37.9 Å². The van der Waals surface area contributed by atoms with Gasteiger partial charge in [0.15, 0.2) is 17.8 Å². The van der Waals surface area contributed by atoms with E-state index in [0.717, 1.165) is 27.7 Å². The van der Waals surface area contributed by atoms with Gasteiger partial charge in [0.25, 0.3) is 0 Å². The van der Waals surface area contributed by atoms with Crippen molar-refractivity contribution in [1.29, 1.82) is 0 Å². The number of hydrogen-bond donors (Lipinski definition) is 1. The number of esters is 1. The number of sulfonamides is 1. The van der Waals surface area contributed by atoms with Crippen LogP contribution in [0, 0.1) is 25.7 Å². The molecule has 5 heterocycles. The highest BCUT2D eigenvalue weighted by Gasteiger charge is 2.44. The zero-order chi connectivity index (χ0) is 45.2. The van der Waals surface area contributed by atoms with Gasteiger partial charge in [-0.3, -0.25) is 9.88 Å².